The number of esters is 1. The van der Waals surface area contributed by atoms with Gasteiger partial charge in [0.05, 0.1) is 15.6 Å². The van der Waals surface area contributed by atoms with Gasteiger partial charge in [0.1, 0.15) is 0 Å². The molecular weight excluding hydrogens is 456 g/mol. The zero-order chi connectivity index (χ0) is 21.0. The fourth-order valence-corrected chi connectivity index (χ4v) is 3.36. The molecule has 3 rings (SSSR count). The minimum Gasteiger partial charge on any atom is -0.444 e. The van der Waals surface area contributed by atoms with Crippen LogP contribution in [0, 0.1) is 0 Å². The standard InChI is InChI=1S/C21H13Cl4NO3/c22-14-9-15(23)11-16(10-14)26-20(27)19(12-4-2-1-3-5-12)29-21(28)13-6-7-17(24)18(25)8-13/h1-11,19H,(H,26,27). The Labute approximate surface area is 187 Å². The van der Waals surface area contributed by atoms with Gasteiger partial charge in [-0.2, -0.15) is 0 Å². The number of ether oxygens (including phenoxy) is 1. The summed E-state index contributed by atoms with van der Waals surface area (Å²) >= 11 is 23.8. The number of halogens is 4. The first-order valence-corrected chi connectivity index (χ1v) is 9.82. The Kier molecular flexibility index (Phi) is 7.04. The van der Waals surface area contributed by atoms with Crippen molar-refractivity contribution in [2.24, 2.45) is 0 Å². The molecule has 8 heteroatoms. The number of hydrogen-bond acceptors (Lipinski definition) is 3. The molecule has 0 radical (unpaired) electrons. The van der Waals surface area contributed by atoms with Crippen LogP contribution in [0.5, 0.6) is 0 Å². The van der Waals surface area contributed by atoms with Gasteiger partial charge in [0.2, 0.25) is 6.10 Å². The van der Waals surface area contributed by atoms with Crippen molar-refractivity contribution in [2.45, 2.75) is 6.10 Å². The summed E-state index contributed by atoms with van der Waals surface area (Å²) in [6.45, 7) is 0. The Morgan fingerprint density at radius 3 is 2.07 bits per heavy atom. The van der Waals surface area contributed by atoms with Gasteiger partial charge in [-0.1, -0.05) is 76.7 Å². The van der Waals surface area contributed by atoms with Crippen molar-refractivity contribution in [3.8, 4) is 0 Å². The van der Waals surface area contributed by atoms with Crippen LogP contribution in [0.3, 0.4) is 0 Å². The number of hydrogen-bond donors (Lipinski definition) is 1. The van der Waals surface area contributed by atoms with Gasteiger partial charge >= 0.3 is 5.97 Å². The highest BCUT2D eigenvalue weighted by atomic mass is 35.5. The lowest BCUT2D eigenvalue weighted by Crippen LogP contribution is -2.26. The second-order valence-corrected chi connectivity index (χ2v) is 7.66. The van der Waals surface area contributed by atoms with E-state index in [0.717, 1.165) is 0 Å². The van der Waals surface area contributed by atoms with Crippen LogP contribution in [0.1, 0.15) is 22.0 Å². The van der Waals surface area contributed by atoms with Crippen molar-refractivity contribution in [3.05, 3.63) is 97.9 Å². The molecule has 29 heavy (non-hydrogen) atoms. The fourth-order valence-electron chi connectivity index (χ4n) is 2.53. The number of carbonyl (C=O) groups is 2. The van der Waals surface area contributed by atoms with Crippen LogP contribution in [-0.4, -0.2) is 11.9 Å². The van der Waals surface area contributed by atoms with Crippen molar-refractivity contribution in [1.82, 2.24) is 0 Å². The topological polar surface area (TPSA) is 55.4 Å². The van der Waals surface area contributed by atoms with Gasteiger partial charge in [0, 0.05) is 21.3 Å². The lowest BCUT2D eigenvalue weighted by molar-refractivity contribution is -0.125. The van der Waals surface area contributed by atoms with Gasteiger partial charge in [0.15, 0.2) is 0 Å². The molecular formula is C21H13Cl4NO3. The molecule has 0 aliphatic carbocycles. The minimum absolute atomic E-state index is 0.166. The summed E-state index contributed by atoms with van der Waals surface area (Å²) in [7, 11) is 0. The van der Waals surface area contributed by atoms with Crippen molar-refractivity contribution in [1.29, 1.82) is 0 Å². The van der Waals surface area contributed by atoms with E-state index in [1.807, 2.05) is 0 Å². The highest BCUT2D eigenvalue weighted by Crippen LogP contribution is 2.27. The molecule has 0 bridgehead atoms. The maximum absolute atomic E-state index is 12.9. The fraction of sp³-hybridized carbons (Fsp3) is 0.0476. The second kappa shape index (κ2) is 9.51. The van der Waals surface area contributed by atoms with Crippen LogP contribution in [0.15, 0.2) is 66.7 Å². The molecule has 0 aromatic heterocycles. The summed E-state index contributed by atoms with van der Waals surface area (Å²) in [6.07, 6.45) is -1.21. The van der Waals surface area contributed by atoms with Crippen molar-refractivity contribution in [3.63, 3.8) is 0 Å². The SMILES string of the molecule is O=C(OC(C(=O)Nc1cc(Cl)cc(Cl)c1)c1ccccc1)c1ccc(Cl)c(Cl)c1. The van der Waals surface area contributed by atoms with Crippen molar-refractivity contribution >= 4 is 64.0 Å². The quantitative estimate of drug-likeness (QED) is 0.417. The molecule has 0 aliphatic heterocycles. The molecule has 1 atom stereocenters. The Morgan fingerprint density at radius 2 is 1.45 bits per heavy atom. The molecule has 0 aliphatic rings. The minimum atomic E-state index is -1.21. The maximum atomic E-state index is 12.9. The summed E-state index contributed by atoms with van der Waals surface area (Å²) in [5.74, 6) is -1.29. The van der Waals surface area contributed by atoms with Crippen LogP contribution >= 0.6 is 46.4 Å². The van der Waals surface area contributed by atoms with E-state index in [0.29, 0.717) is 26.3 Å². The molecule has 0 fully saturated rings. The number of anilines is 1. The lowest BCUT2D eigenvalue weighted by atomic mass is 10.1. The summed E-state index contributed by atoms with van der Waals surface area (Å²) < 4.78 is 5.49. The van der Waals surface area contributed by atoms with E-state index >= 15 is 0 Å². The predicted octanol–water partition coefficient (Wildman–Crippen LogP) is 6.84. The molecule has 0 saturated heterocycles. The normalized spacial score (nSPS) is 11.6. The predicted molar refractivity (Wildman–Crippen MR) is 116 cm³/mol. The molecule has 1 unspecified atom stereocenters. The lowest BCUT2D eigenvalue weighted by Gasteiger charge is -2.18. The Bertz CT molecular complexity index is 1040. The van der Waals surface area contributed by atoms with E-state index in [1.54, 1.807) is 30.3 Å². The molecule has 0 heterocycles. The summed E-state index contributed by atoms with van der Waals surface area (Å²) in [4.78, 5) is 25.5. The number of amides is 1. The van der Waals surface area contributed by atoms with Gasteiger partial charge in [-0.3, -0.25) is 4.79 Å². The largest absolute Gasteiger partial charge is 0.444 e. The van der Waals surface area contributed by atoms with E-state index in [4.69, 9.17) is 51.1 Å². The Hall–Kier alpha value is -2.24. The van der Waals surface area contributed by atoms with Gasteiger partial charge in [0.25, 0.3) is 5.91 Å². The van der Waals surface area contributed by atoms with Gasteiger partial charge in [-0.25, -0.2) is 4.79 Å². The Morgan fingerprint density at radius 1 is 0.793 bits per heavy atom. The first-order valence-electron chi connectivity index (χ1n) is 8.31. The van der Waals surface area contributed by atoms with Crippen LogP contribution in [-0.2, 0) is 9.53 Å². The zero-order valence-electron chi connectivity index (χ0n) is 14.7. The van der Waals surface area contributed by atoms with Crippen molar-refractivity contribution in [2.75, 3.05) is 5.32 Å². The van der Waals surface area contributed by atoms with Crippen LogP contribution < -0.4 is 5.32 Å². The smallest absolute Gasteiger partial charge is 0.339 e. The van der Waals surface area contributed by atoms with Crippen LogP contribution in [0.4, 0.5) is 5.69 Å². The molecule has 0 saturated carbocycles. The number of nitrogens with one attached hydrogen (secondary N) is 1. The van der Waals surface area contributed by atoms with E-state index in [9.17, 15) is 9.59 Å². The van der Waals surface area contributed by atoms with Crippen LogP contribution in [0.2, 0.25) is 20.1 Å². The average Bonchev–Trinajstić information content (AvgIpc) is 2.67. The molecule has 3 aromatic rings. The first-order chi connectivity index (χ1) is 13.8. The zero-order valence-corrected chi connectivity index (χ0v) is 17.7. The van der Waals surface area contributed by atoms with Crippen LogP contribution in [0.25, 0.3) is 0 Å². The van der Waals surface area contributed by atoms with E-state index in [2.05, 4.69) is 5.32 Å². The van der Waals surface area contributed by atoms with E-state index in [-0.39, 0.29) is 10.6 Å². The highest BCUT2D eigenvalue weighted by molar-refractivity contribution is 6.42. The summed E-state index contributed by atoms with van der Waals surface area (Å²) in [5.41, 5.74) is 1.03. The van der Waals surface area contributed by atoms with E-state index in [1.165, 1.54) is 36.4 Å². The molecule has 0 spiro atoms. The summed E-state index contributed by atoms with van der Waals surface area (Å²) in [5, 5.41) is 3.89. The number of carbonyl (C=O) groups excluding carboxylic acids is 2. The van der Waals surface area contributed by atoms with Crippen molar-refractivity contribution < 1.29 is 14.3 Å². The van der Waals surface area contributed by atoms with Gasteiger partial charge in [-0.05, 0) is 36.4 Å². The second-order valence-electron chi connectivity index (χ2n) is 5.97. The summed E-state index contributed by atoms with van der Waals surface area (Å²) in [6, 6.07) is 17.5. The number of benzene rings is 3. The average molecular weight is 469 g/mol. The van der Waals surface area contributed by atoms with Gasteiger partial charge < -0.3 is 10.1 Å². The van der Waals surface area contributed by atoms with E-state index < -0.39 is 18.0 Å². The Balaban J connectivity index is 1.87. The third-order valence-corrected chi connectivity index (χ3v) is 5.03. The molecule has 4 nitrogen and oxygen atoms in total. The monoisotopic (exact) mass is 467 g/mol. The molecule has 148 valence electrons. The third-order valence-electron chi connectivity index (χ3n) is 3.85. The van der Waals surface area contributed by atoms with Gasteiger partial charge in [-0.15, -0.1) is 0 Å². The first kappa shape index (κ1) is 21.5. The molecule has 1 N–H and O–H groups in total. The third kappa shape index (κ3) is 5.64. The maximum Gasteiger partial charge on any atom is 0.339 e. The molecule has 3 aromatic carbocycles. The molecule has 1 amide bonds. The highest BCUT2D eigenvalue weighted by Gasteiger charge is 2.26. The number of rotatable bonds is 5.